The van der Waals surface area contributed by atoms with Gasteiger partial charge in [-0.1, -0.05) is 24.3 Å². The third kappa shape index (κ3) is 3.64. The van der Waals surface area contributed by atoms with Crippen LogP contribution in [0.2, 0.25) is 0 Å². The smallest absolute Gasteiger partial charge is 0.338 e. The van der Waals surface area contributed by atoms with E-state index in [9.17, 15) is 9.59 Å². The number of carbonyl (C=O) groups is 2. The lowest BCUT2D eigenvalue weighted by molar-refractivity contribution is -0.140. The molecule has 0 saturated carbocycles. The summed E-state index contributed by atoms with van der Waals surface area (Å²) in [5, 5.41) is 4.04. The SMILES string of the molecule is C[C@H](OC(=O)c1ccc(-n2cncn2)cc1)C(=O)N1CCc2ccccc2C1. The van der Waals surface area contributed by atoms with Gasteiger partial charge in [-0.3, -0.25) is 4.79 Å². The molecule has 1 amide bonds. The molecule has 28 heavy (non-hydrogen) atoms. The molecule has 7 heteroatoms. The predicted octanol–water partition coefficient (Wildman–Crippen LogP) is 2.40. The van der Waals surface area contributed by atoms with Crippen molar-refractivity contribution in [2.45, 2.75) is 26.0 Å². The van der Waals surface area contributed by atoms with Crippen molar-refractivity contribution >= 4 is 11.9 Å². The third-order valence-electron chi connectivity index (χ3n) is 4.86. The van der Waals surface area contributed by atoms with Crippen molar-refractivity contribution in [1.82, 2.24) is 19.7 Å². The van der Waals surface area contributed by atoms with E-state index in [1.807, 2.05) is 18.2 Å². The van der Waals surface area contributed by atoms with Crippen LogP contribution in [0, 0.1) is 0 Å². The van der Waals surface area contributed by atoms with Gasteiger partial charge in [0.1, 0.15) is 12.7 Å². The second kappa shape index (κ2) is 7.64. The minimum Gasteiger partial charge on any atom is -0.449 e. The zero-order valence-corrected chi connectivity index (χ0v) is 15.5. The van der Waals surface area contributed by atoms with Crippen molar-refractivity contribution in [2.75, 3.05) is 6.54 Å². The highest BCUT2D eigenvalue weighted by Crippen LogP contribution is 2.20. The number of hydrogen-bond acceptors (Lipinski definition) is 5. The Morgan fingerprint density at radius 2 is 1.82 bits per heavy atom. The van der Waals surface area contributed by atoms with Crippen molar-refractivity contribution < 1.29 is 14.3 Å². The van der Waals surface area contributed by atoms with E-state index in [2.05, 4.69) is 16.1 Å². The number of rotatable bonds is 4. The molecule has 0 spiro atoms. The summed E-state index contributed by atoms with van der Waals surface area (Å²) in [5.41, 5.74) is 3.57. The molecule has 0 radical (unpaired) electrons. The minimum atomic E-state index is -0.840. The highest BCUT2D eigenvalue weighted by molar-refractivity contribution is 5.92. The monoisotopic (exact) mass is 376 g/mol. The lowest BCUT2D eigenvalue weighted by atomic mass is 9.99. The summed E-state index contributed by atoms with van der Waals surface area (Å²) < 4.78 is 7.00. The summed E-state index contributed by atoms with van der Waals surface area (Å²) in [6.45, 7) is 2.79. The Morgan fingerprint density at radius 1 is 1.07 bits per heavy atom. The van der Waals surface area contributed by atoms with Gasteiger partial charge in [0.05, 0.1) is 11.3 Å². The fourth-order valence-electron chi connectivity index (χ4n) is 3.31. The maximum absolute atomic E-state index is 12.7. The molecule has 0 unspecified atom stereocenters. The van der Waals surface area contributed by atoms with Crippen molar-refractivity contribution in [3.05, 3.63) is 77.9 Å². The Morgan fingerprint density at radius 3 is 2.54 bits per heavy atom. The van der Waals surface area contributed by atoms with Gasteiger partial charge in [0, 0.05) is 13.1 Å². The first-order valence-electron chi connectivity index (χ1n) is 9.13. The lowest BCUT2D eigenvalue weighted by Crippen LogP contribution is -2.42. The molecule has 142 valence electrons. The second-order valence-corrected chi connectivity index (χ2v) is 6.71. The summed E-state index contributed by atoms with van der Waals surface area (Å²) in [4.78, 5) is 30.8. The zero-order chi connectivity index (χ0) is 19.5. The van der Waals surface area contributed by atoms with E-state index >= 15 is 0 Å². The molecule has 4 rings (SSSR count). The Balaban J connectivity index is 1.38. The maximum Gasteiger partial charge on any atom is 0.338 e. The Bertz CT molecular complexity index is 983. The lowest BCUT2D eigenvalue weighted by Gasteiger charge is -2.30. The van der Waals surface area contributed by atoms with Crippen LogP contribution < -0.4 is 0 Å². The first-order chi connectivity index (χ1) is 13.6. The molecule has 0 fully saturated rings. The molecule has 7 nitrogen and oxygen atoms in total. The molecule has 1 aliphatic rings. The van der Waals surface area contributed by atoms with Crippen LogP contribution in [0.3, 0.4) is 0 Å². The fourth-order valence-corrected chi connectivity index (χ4v) is 3.31. The molecule has 1 aliphatic heterocycles. The quantitative estimate of drug-likeness (QED) is 0.654. The van der Waals surface area contributed by atoms with Crippen LogP contribution in [0.25, 0.3) is 5.69 Å². The van der Waals surface area contributed by atoms with E-state index in [4.69, 9.17) is 4.74 Å². The summed E-state index contributed by atoms with van der Waals surface area (Å²) in [6.07, 6.45) is 2.98. The Kier molecular flexibility index (Phi) is 4.89. The predicted molar refractivity (Wildman–Crippen MR) is 102 cm³/mol. The van der Waals surface area contributed by atoms with Gasteiger partial charge >= 0.3 is 5.97 Å². The van der Waals surface area contributed by atoms with Crippen molar-refractivity contribution in [2.24, 2.45) is 0 Å². The minimum absolute atomic E-state index is 0.179. The second-order valence-electron chi connectivity index (χ2n) is 6.71. The first-order valence-corrected chi connectivity index (χ1v) is 9.13. The van der Waals surface area contributed by atoms with E-state index < -0.39 is 12.1 Å². The molecule has 2 heterocycles. The maximum atomic E-state index is 12.7. The number of benzene rings is 2. The molecule has 1 atom stereocenters. The molecular weight excluding hydrogens is 356 g/mol. The molecule has 0 N–H and O–H groups in total. The molecular formula is C21H20N4O3. The highest BCUT2D eigenvalue weighted by atomic mass is 16.5. The number of nitrogens with zero attached hydrogens (tertiary/aromatic N) is 4. The van der Waals surface area contributed by atoms with Crippen LogP contribution in [0.4, 0.5) is 0 Å². The van der Waals surface area contributed by atoms with Crippen LogP contribution >= 0.6 is 0 Å². The van der Waals surface area contributed by atoms with Crippen LogP contribution in [0.15, 0.2) is 61.2 Å². The number of esters is 1. The van der Waals surface area contributed by atoms with Crippen LogP contribution in [-0.4, -0.2) is 44.2 Å². The number of ether oxygens (including phenoxy) is 1. The number of amides is 1. The van der Waals surface area contributed by atoms with Crippen LogP contribution in [-0.2, 0) is 22.5 Å². The summed E-state index contributed by atoms with van der Waals surface area (Å²) in [6, 6.07) is 14.9. The molecule has 3 aromatic rings. The molecule has 1 aromatic heterocycles. The molecule has 2 aromatic carbocycles. The van der Waals surface area contributed by atoms with Crippen LogP contribution in [0.5, 0.6) is 0 Å². The van der Waals surface area contributed by atoms with E-state index in [1.54, 1.807) is 47.1 Å². The first kappa shape index (κ1) is 17.9. The van der Waals surface area contributed by atoms with Gasteiger partial charge in [0.15, 0.2) is 6.10 Å². The van der Waals surface area contributed by atoms with Gasteiger partial charge in [0.25, 0.3) is 5.91 Å². The zero-order valence-electron chi connectivity index (χ0n) is 15.5. The standard InChI is InChI=1S/C21H20N4O3/c1-15(20(26)24-11-10-16-4-2-3-5-18(16)12-24)28-21(27)17-6-8-19(9-7-17)25-14-22-13-23-25/h2-9,13-15H,10-12H2,1H3/t15-/m0/s1. The van der Waals surface area contributed by atoms with Gasteiger partial charge in [-0.15, -0.1) is 0 Å². The number of aromatic nitrogens is 3. The van der Waals surface area contributed by atoms with Gasteiger partial charge in [-0.25, -0.2) is 14.5 Å². The van der Waals surface area contributed by atoms with E-state index in [0.29, 0.717) is 18.7 Å². The number of carbonyl (C=O) groups excluding carboxylic acids is 2. The third-order valence-corrected chi connectivity index (χ3v) is 4.86. The normalized spacial score (nSPS) is 14.2. The Labute approximate surface area is 162 Å². The van der Waals surface area contributed by atoms with Crippen molar-refractivity contribution in [3.8, 4) is 5.69 Å². The van der Waals surface area contributed by atoms with E-state index in [1.165, 1.54) is 11.9 Å². The van der Waals surface area contributed by atoms with E-state index in [0.717, 1.165) is 17.7 Å². The van der Waals surface area contributed by atoms with Crippen molar-refractivity contribution in [3.63, 3.8) is 0 Å². The largest absolute Gasteiger partial charge is 0.449 e. The number of hydrogen-bond donors (Lipinski definition) is 0. The summed E-state index contributed by atoms with van der Waals surface area (Å²) in [7, 11) is 0. The number of fused-ring (bicyclic) bond motifs is 1. The fraction of sp³-hybridized carbons (Fsp3) is 0.238. The Hall–Kier alpha value is -3.48. The summed E-state index contributed by atoms with van der Waals surface area (Å²) >= 11 is 0. The summed E-state index contributed by atoms with van der Waals surface area (Å²) in [5.74, 6) is -0.703. The average molecular weight is 376 g/mol. The van der Waals surface area contributed by atoms with Crippen molar-refractivity contribution in [1.29, 1.82) is 0 Å². The van der Waals surface area contributed by atoms with E-state index in [-0.39, 0.29) is 5.91 Å². The highest BCUT2D eigenvalue weighted by Gasteiger charge is 2.27. The van der Waals surface area contributed by atoms with Crippen LogP contribution in [0.1, 0.15) is 28.4 Å². The van der Waals surface area contributed by atoms with Gasteiger partial charge in [-0.05, 0) is 48.7 Å². The van der Waals surface area contributed by atoms with Gasteiger partial charge in [0.2, 0.25) is 0 Å². The molecule has 0 saturated heterocycles. The molecule has 0 bridgehead atoms. The van der Waals surface area contributed by atoms with Gasteiger partial charge < -0.3 is 9.64 Å². The molecule has 0 aliphatic carbocycles. The topological polar surface area (TPSA) is 77.3 Å². The average Bonchev–Trinajstić information content (AvgIpc) is 3.28. The van der Waals surface area contributed by atoms with Gasteiger partial charge in [-0.2, -0.15) is 5.10 Å².